The Morgan fingerprint density at radius 3 is 2.76 bits per heavy atom. The average molecular weight is 436 g/mol. The predicted molar refractivity (Wildman–Crippen MR) is 109 cm³/mol. The zero-order valence-corrected chi connectivity index (χ0v) is 17.2. The third-order valence-electron chi connectivity index (χ3n) is 4.23. The molecule has 0 unspecified atom stereocenters. The van der Waals surface area contributed by atoms with Crippen molar-refractivity contribution in [2.75, 3.05) is 0 Å². The number of benzene rings is 1. The van der Waals surface area contributed by atoms with Crippen molar-refractivity contribution < 1.29 is 14.5 Å². The molecule has 9 nitrogen and oxygen atoms in total. The van der Waals surface area contributed by atoms with Crippen LogP contribution >= 0.6 is 22.9 Å². The molecular formula is C18H18ClN5O4S. The lowest BCUT2D eigenvalue weighted by molar-refractivity contribution is -0.384. The molecule has 0 saturated heterocycles. The van der Waals surface area contributed by atoms with E-state index in [-0.39, 0.29) is 34.6 Å². The van der Waals surface area contributed by atoms with Gasteiger partial charge in [0.25, 0.3) is 11.6 Å². The van der Waals surface area contributed by atoms with Gasteiger partial charge in [-0.1, -0.05) is 25.4 Å². The summed E-state index contributed by atoms with van der Waals surface area (Å²) in [5.74, 6) is -1.13. The quantitative estimate of drug-likeness (QED) is 0.436. The summed E-state index contributed by atoms with van der Waals surface area (Å²) in [6.07, 6.45) is 3.70. The van der Waals surface area contributed by atoms with Crippen LogP contribution in [0.25, 0.3) is 4.96 Å². The molecule has 3 rings (SSSR count). The van der Waals surface area contributed by atoms with E-state index in [1.165, 1.54) is 23.5 Å². The van der Waals surface area contributed by atoms with Gasteiger partial charge >= 0.3 is 0 Å². The van der Waals surface area contributed by atoms with Gasteiger partial charge in [0.05, 0.1) is 27.7 Å². The topological polar surface area (TPSA) is 119 Å². The highest BCUT2D eigenvalue weighted by atomic mass is 35.5. The van der Waals surface area contributed by atoms with E-state index in [1.54, 1.807) is 13.8 Å². The second-order valence-electron chi connectivity index (χ2n) is 6.66. The minimum atomic E-state index is -0.808. The fraction of sp³-hybridized carbons (Fsp3) is 0.278. The molecule has 0 aliphatic heterocycles. The van der Waals surface area contributed by atoms with Crippen molar-refractivity contribution in [2.24, 2.45) is 5.92 Å². The van der Waals surface area contributed by atoms with Crippen molar-refractivity contribution in [1.82, 2.24) is 20.0 Å². The summed E-state index contributed by atoms with van der Waals surface area (Å²) in [7, 11) is 0. The van der Waals surface area contributed by atoms with E-state index in [0.717, 1.165) is 11.0 Å². The van der Waals surface area contributed by atoms with Crippen LogP contribution in [-0.2, 0) is 11.3 Å². The maximum atomic E-state index is 12.6. The van der Waals surface area contributed by atoms with Crippen molar-refractivity contribution in [3.63, 3.8) is 0 Å². The number of aromatic nitrogens is 2. The number of fused-ring (bicyclic) bond motifs is 1. The molecule has 0 radical (unpaired) electrons. The Morgan fingerprint density at radius 2 is 2.14 bits per heavy atom. The molecule has 152 valence electrons. The van der Waals surface area contributed by atoms with Crippen LogP contribution in [0.2, 0.25) is 5.02 Å². The number of nitro benzene ring substituents is 1. The molecule has 2 N–H and O–H groups in total. The first kappa shape index (κ1) is 20.7. The van der Waals surface area contributed by atoms with Gasteiger partial charge in [-0.2, -0.15) is 0 Å². The summed E-state index contributed by atoms with van der Waals surface area (Å²) in [6, 6.07) is 2.75. The lowest BCUT2D eigenvalue weighted by Crippen LogP contribution is -2.49. The summed E-state index contributed by atoms with van der Waals surface area (Å²) < 4.78 is 1.87. The Kier molecular flexibility index (Phi) is 6.14. The van der Waals surface area contributed by atoms with Gasteiger partial charge in [-0.3, -0.25) is 24.1 Å². The third kappa shape index (κ3) is 4.72. The minimum Gasteiger partial charge on any atom is -0.349 e. The highest BCUT2D eigenvalue weighted by molar-refractivity contribution is 7.15. The molecular weight excluding hydrogens is 418 g/mol. The smallest absolute Gasteiger partial charge is 0.270 e. The molecule has 0 saturated carbocycles. The Labute approximate surface area is 174 Å². The van der Waals surface area contributed by atoms with Crippen molar-refractivity contribution in [1.29, 1.82) is 0 Å². The van der Waals surface area contributed by atoms with E-state index >= 15 is 0 Å². The average Bonchev–Trinajstić information content (AvgIpc) is 3.25. The number of imidazole rings is 1. The summed E-state index contributed by atoms with van der Waals surface area (Å²) in [5, 5.41) is 18.1. The maximum Gasteiger partial charge on any atom is 0.270 e. The van der Waals surface area contributed by atoms with Gasteiger partial charge in [-0.15, -0.1) is 11.3 Å². The third-order valence-corrected chi connectivity index (χ3v) is 5.31. The van der Waals surface area contributed by atoms with E-state index in [4.69, 9.17) is 11.6 Å². The Morgan fingerprint density at radius 1 is 1.38 bits per heavy atom. The van der Waals surface area contributed by atoms with Crippen LogP contribution in [0.4, 0.5) is 5.69 Å². The standard InChI is InChI=1S/C18H18ClN5O4S/c1-10(2)15(17(26)20-8-11-9-23-5-6-29-18(23)21-11)22-16(25)13-4-3-12(24(27)28)7-14(13)19/h3-7,9-10,15H,8H2,1-2H3,(H,20,26)(H,22,25)/t15-/m1/s1. The Hall–Kier alpha value is -2.98. The highest BCUT2D eigenvalue weighted by Gasteiger charge is 2.26. The molecule has 0 spiro atoms. The SMILES string of the molecule is CC(C)[C@@H](NC(=O)c1ccc([N+](=O)[O-])cc1Cl)C(=O)NCc1cn2ccsc2n1. The number of nitro groups is 1. The first-order valence-electron chi connectivity index (χ1n) is 8.70. The number of nitrogens with zero attached hydrogens (tertiary/aromatic N) is 3. The molecule has 0 aliphatic rings. The van der Waals surface area contributed by atoms with E-state index in [2.05, 4.69) is 15.6 Å². The van der Waals surface area contributed by atoms with Crippen molar-refractivity contribution >= 4 is 45.4 Å². The molecule has 1 aromatic carbocycles. The van der Waals surface area contributed by atoms with Gasteiger partial charge in [0.2, 0.25) is 5.91 Å². The number of halogens is 1. The Bertz CT molecular complexity index is 1050. The highest BCUT2D eigenvalue weighted by Crippen LogP contribution is 2.22. The van der Waals surface area contributed by atoms with E-state index in [0.29, 0.717) is 5.69 Å². The number of nitrogens with one attached hydrogen (secondary N) is 2. The van der Waals surface area contributed by atoms with Crippen molar-refractivity contribution in [2.45, 2.75) is 26.4 Å². The van der Waals surface area contributed by atoms with Crippen LogP contribution in [0.1, 0.15) is 29.9 Å². The van der Waals surface area contributed by atoms with Crippen LogP contribution in [0.15, 0.2) is 36.0 Å². The number of non-ortho nitro benzene ring substituents is 1. The first-order chi connectivity index (χ1) is 13.8. The van der Waals surface area contributed by atoms with Crippen molar-refractivity contribution in [3.8, 4) is 0 Å². The van der Waals surface area contributed by atoms with Crippen LogP contribution in [-0.4, -0.2) is 32.2 Å². The molecule has 0 fully saturated rings. The van der Waals surface area contributed by atoms with Gasteiger partial charge in [0.1, 0.15) is 6.04 Å². The number of carbonyl (C=O) groups is 2. The molecule has 2 aromatic heterocycles. The zero-order chi connectivity index (χ0) is 21.1. The molecule has 3 aromatic rings. The van der Waals surface area contributed by atoms with Gasteiger partial charge in [0.15, 0.2) is 4.96 Å². The zero-order valence-electron chi connectivity index (χ0n) is 15.6. The van der Waals surface area contributed by atoms with Crippen LogP contribution in [0.3, 0.4) is 0 Å². The number of carbonyl (C=O) groups excluding carboxylic acids is 2. The summed E-state index contributed by atoms with van der Waals surface area (Å²) in [6.45, 7) is 3.83. The fourth-order valence-corrected chi connectivity index (χ4v) is 3.68. The molecule has 2 heterocycles. The van der Waals surface area contributed by atoms with Crippen LogP contribution < -0.4 is 10.6 Å². The number of hydrogen-bond acceptors (Lipinski definition) is 6. The van der Waals surface area contributed by atoms with E-state index < -0.39 is 16.9 Å². The van der Waals surface area contributed by atoms with Crippen molar-refractivity contribution in [3.05, 3.63) is 62.4 Å². The number of thiazole rings is 1. The summed E-state index contributed by atoms with van der Waals surface area (Å²) in [5.41, 5.74) is 0.548. The second kappa shape index (κ2) is 8.58. The minimum absolute atomic E-state index is 0.0577. The van der Waals surface area contributed by atoms with Gasteiger partial charge in [0, 0.05) is 29.9 Å². The van der Waals surface area contributed by atoms with Gasteiger partial charge < -0.3 is 10.6 Å². The van der Waals surface area contributed by atoms with Gasteiger partial charge in [-0.05, 0) is 12.0 Å². The Balaban J connectivity index is 1.67. The summed E-state index contributed by atoms with van der Waals surface area (Å²) in [4.78, 5) is 40.6. The molecule has 11 heteroatoms. The lowest BCUT2D eigenvalue weighted by atomic mass is 10.0. The predicted octanol–water partition coefficient (Wildman–Crippen LogP) is 3.03. The second-order valence-corrected chi connectivity index (χ2v) is 7.94. The fourth-order valence-electron chi connectivity index (χ4n) is 2.70. The molecule has 0 aliphatic carbocycles. The number of amides is 2. The van der Waals surface area contributed by atoms with E-state index in [9.17, 15) is 19.7 Å². The van der Waals surface area contributed by atoms with Crippen LogP contribution in [0, 0.1) is 16.0 Å². The largest absolute Gasteiger partial charge is 0.349 e. The maximum absolute atomic E-state index is 12.6. The van der Waals surface area contributed by atoms with Gasteiger partial charge in [-0.25, -0.2) is 4.98 Å². The first-order valence-corrected chi connectivity index (χ1v) is 9.95. The summed E-state index contributed by atoms with van der Waals surface area (Å²) >= 11 is 7.50. The molecule has 0 bridgehead atoms. The van der Waals surface area contributed by atoms with E-state index in [1.807, 2.05) is 22.2 Å². The monoisotopic (exact) mass is 435 g/mol. The number of hydrogen-bond donors (Lipinski definition) is 2. The molecule has 29 heavy (non-hydrogen) atoms. The lowest BCUT2D eigenvalue weighted by Gasteiger charge is -2.21. The normalized spacial score (nSPS) is 12.1. The van der Waals surface area contributed by atoms with Crippen LogP contribution in [0.5, 0.6) is 0 Å². The molecule has 1 atom stereocenters. The number of rotatable bonds is 7. The molecule has 2 amide bonds.